The van der Waals surface area contributed by atoms with Crippen molar-refractivity contribution < 1.29 is 4.74 Å². The van der Waals surface area contributed by atoms with Gasteiger partial charge in [-0.2, -0.15) is 0 Å². The number of hydrogen-bond acceptors (Lipinski definition) is 3. The summed E-state index contributed by atoms with van der Waals surface area (Å²) in [5, 5.41) is 0. The van der Waals surface area contributed by atoms with Crippen molar-refractivity contribution in [3.05, 3.63) is 72.3 Å². The van der Waals surface area contributed by atoms with Gasteiger partial charge in [0.2, 0.25) is 0 Å². The second-order valence-corrected chi connectivity index (χ2v) is 7.79. The molecule has 0 N–H and O–H groups in total. The highest BCUT2D eigenvalue weighted by molar-refractivity contribution is 5.33. The SMILES string of the molecule is C1=CC[C@@H](CN2CCN(Cc3cccc(Oc4ccccc4)c3)CC2)CC1. The summed E-state index contributed by atoms with van der Waals surface area (Å²) < 4.78 is 5.98. The van der Waals surface area contributed by atoms with E-state index in [0.29, 0.717) is 0 Å². The average molecular weight is 363 g/mol. The van der Waals surface area contributed by atoms with Crippen LogP contribution >= 0.6 is 0 Å². The largest absolute Gasteiger partial charge is 0.457 e. The lowest BCUT2D eigenvalue weighted by Crippen LogP contribution is -2.47. The Labute approximate surface area is 163 Å². The summed E-state index contributed by atoms with van der Waals surface area (Å²) in [4.78, 5) is 5.23. The van der Waals surface area contributed by atoms with Crippen LogP contribution in [0.4, 0.5) is 0 Å². The molecule has 4 rings (SSSR count). The highest BCUT2D eigenvalue weighted by Crippen LogP contribution is 2.23. The molecule has 1 aliphatic heterocycles. The molecule has 3 nitrogen and oxygen atoms in total. The van der Waals surface area contributed by atoms with E-state index >= 15 is 0 Å². The molecular formula is C24H30N2O. The van der Waals surface area contributed by atoms with E-state index in [-0.39, 0.29) is 0 Å². The third-order valence-electron chi connectivity index (χ3n) is 5.64. The van der Waals surface area contributed by atoms with Crippen molar-refractivity contribution in [1.29, 1.82) is 0 Å². The highest BCUT2D eigenvalue weighted by atomic mass is 16.5. The number of benzene rings is 2. The Morgan fingerprint density at radius 1 is 0.815 bits per heavy atom. The van der Waals surface area contributed by atoms with Crippen LogP contribution in [0.1, 0.15) is 24.8 Å². The molecule has 0 amide bonds. The molecule has 1 fully saturated rings. The maximum absolute atomic E-state index is 5.98. The van der Waals surface area contributed by atoms with Crippen LogP contribution in [0, 0.1) is 5.92 Å². The standard InChI is InChI=1S/C24H30N2O/c1-3-8-21(9-4-1)19-25-14-16-26(17-15-25)20-22-10-7-13-24(18-22)27-23-11-5-2-6-12-23/h1-3,5-7,10-13,18,21H,4,8-9,14-17,19-20H2/t21-/m1/s1. The van der Waals surface area contributed by atoms with Gasteiger partial charge in [0.25, 0.3) is 0 Å². The quantitative estimate of drug-likeness (QED) is 0.676. The Bertz CT molecular complexity index is 735. The van der Waals surface area contributed by atoms with E-state index in [1.54, 1.807) is 0 Å². The van der Waals surface area contributed by atoms with Crippen LogP contribution in [0.25, 0.3) is 0 Å². The Morgan fingerprint density at radius 2 is 1.59 bits per heavy atom. The van der Waals surface area contributed by atoms with E-state index in [1.807, 2.05) is 36.4 Å². The maximum Gasteiger partial charge on any atom is 0.127 e. The summed E-state index contributed by atoms with van der Waals surface area (Å²) in [6.45, 7) is 6.99. The number of ether oxygens (including phenoxy) is 1. The molecule has 0 saturated carbocycles. The molecule has 1 atom stereocenters. The molecule has 27 heavy (non-hydrogen) atoms. The van der Waals surface area contributed by atoms with Gasteiger partial charge in [-0.15, -0.1) is 0 Å². The third-order valence-corrected chi connectivity index (χ3v) is 5.64. The Hall–Kier alpha value is -2.10. The van der Waals surface area contributed by atoms with Crippen molar-refractivity contribution in [3.63, 3.8) is 0 Å². The molecule has 1 saturated heterocycles. The van der Waals surface area contributed by atoms with E-state index in [9.17, 15) is 0 Å². The molecule has 0 aromatic heterocycles. The van der Waals surface area contributed by atoms with Crippen molar-refractivity contribution in [2.24, 2.45) is 5.92 Å². The Balaban J connectivity index is 1.26. The number of rotatable bonds is 6. The van der Waals surface area contributed by atoms with Crippen LogP contribution in [0.15, 0.2) is 66.7 Å². The van der Waals surface area contributed by atoms with Gasteiger partial charge < -0.3 is 9.64 Å². The third kappa shape index (κ3) is 5.44. The zero-order valence-electron chi connectivity index (χ0n) is 16.1. The first-order valence-electron chi connectivity index (χ1n) is 10.3. The van der Waals surface area contributed by atoms with Gasteiger partial charge in [0.05, 0.1) is 0 Å². The van der Waals surface area contributed by atoms with E-state index in [1.165, 1.54) is 44.5 Å². The molecule has 3 heteroatoms. The maximum atomic E-state index is 5.98. The second kappa shape index (κ2) is 9.20. The number of nitrogens with zero attached hydrogens (tertiary/aromatic N) is 2. The summed E-state index contributed by atoms with van der Waals surface area (Å²) in [5.74, 6) is 2.68. The van der Waals surface area contributed by atoms with Gasteiger partial charge in [-0.05, 0) is 55.0 Å². The van der Waals surface area contributed by atoms with Crippen molar-refractivity contribution in [2.75, 3.05) is 32.7 Å². The van der Waals surface area contributed by atoms with Crippen LogP contribution in [0.5, 0.6) is 11.5 Å². The average Bonchev–Trinajstić information content (AvgIpc) is 2.71. The fourth-order valence-corrected chi connectivity index (χ4v) is 4.11. The van der Waals surface area contributed by atoms with Gasteiger partial charge in [0.15, 0.2) is 0 Å². The van der Waals surface area contributed by atoms with Crippen LogP contribution in [-0.2, 0) is 6.54 Å². The van der Waals surface area contributed by atoms with Crippen molar-refractivity contribution >= 4 is 0 Å². The van der Waals surface area contributed by atoms with E-state index in [2.05, 4.69) is 40.2 Å². The van der Waals surface area contributed by atoms with Gasteiger partial charge >= 0.3 is 0 Å². The predicted molar refractivity (Wildman–Crippen MR) is 111 cm³/mol. The molecule has 142 valence electrons. The molecule has 0 unspecified atom stereocenters. The molecule has 0 spiro atoms. The van der Waals surface area contributed by atoms with E-state index < -0.39 is 0 Å². The number of allylic oxidation sites excluding steroid dienone is 2. The lowest BCUT2D eigenvalue weighted by atomic mass is 9.94. The summed E-state index contributed by atoms with van der Waals surface area (Å²) in [6, 6.07) is 18.5. The summed E-state index contributed by atoms with van der Waals surface area (Å²) in [7, 11) is 0. The minimum atomic E-state index is 0.869. The first-order chi connectivity index (χ1) is 13.3. The van der Waals surface area contributed by atoms with Crippen molar-refractivity contribution in [3.8, 4) is 11.5 Å². The van der Waals surface area contributed by atoms with E-state index in [0.717, 1.165) is 37.1 Å². The van der Waals surface area contributed by atoms with Gasteiger partial charge in [-0.25, -0.2) is 0 Å². The molecular weight excluding hydrogens is 332 g/mol. The van der Waals surface area contributed by atoms with Gasteiger partial charge in [0.1, 0.15) is 11.5 Å². The fraction of sp³-hybridized carbons (Fsp3) is 0.417. The predicted octanol–water partition coefficient (Wildman–Crippen LogP) is 4.95. The number of hydrogen-bond donors (Lipinski definition) is 0. The molecule has 2 aromatic rings. The van der Waals surface area contributed by atoms with Gasteiger partial charge in [-0.1, -0.05) is 42.5 Å². The second-order valence-electron chi connectivity index (χ2n) is 7.79. The molecule has 2 aliphatic rings. The van der Waals surface area contributed by atoms with Crippen LogP contribution < -0.4 is 4.74 Å². The highest BCUT2D eigenvalue weighted by Gasteiger charge is 2.20. The Kier molecular flexibility index (Phi) is 6.23. The van der Waals surface area contributed by atoms with Crippen LogP contribution in [-0.4, -0.2) is 42.5 Å². The first-order valence-corrected chi connectivity index (χ1v) is 10.3. The fourth-order valence-electron chi connectivity index (χ4n) is 4.11. The lowest BCUT2D eigenvalue weighted by molar-refractivity contribution is 0.111. The summed E-state index contributed by atoms with van der Waals surface area (Å²) >= 11 is 0. The van der Waals surface area contributed by atoms with Crippen molar-refractivity contribution in [1.82, 2.24) is 9.80 Å². The zero-order chi connectivity index (χ0) is 18.3. The molecule has 1 heterocycles. The lowest BCUT2D eigenvalue weighted by Gasteiger charge is -2.36. The first kappa shape index (κ1) is 18.3. The normalized spacial score (nSPS) is 21.3. The molecule has 1 aliphatic carbocycles. The summed E-state index contributed by atoms with van der Waals surface area (Å²) in [6.07, 6.45) is 8.62. The smallest absolute Gasteiger partial charge is 0.127 e. The molecule has 0 bridgehead atoms. The van der Waals surface area contributed by atoms with E-state index in [4.69, 9.17) is 4.74 Å². The summed E-state index contributed by atoms with van der Waals surface area (Å²) in [5.41, 5.74) is 1.33. The van der Waals surface area contributed by atoms with Crippen LogP contribution in [0.2, 0.25) is 0 Å². The monoisotopic (exact) mass is 362 g/mol. The van der Waals surface area contributed by atoms with Gasteiger partial charge in [-0.3, -0.25) is 4.90 Å². The van der Waals surface area contributed by atoms with Crippen molar-refractivity contribution in [2.45, 2.75) is 25.8 Å². The molecule has 2 aromatic carbocycles. The molecule has 0 radical (unpaired) electrons. The number of para-hydroxylation sites is 1. The van der Waals surface area contributed by atoms with Gasteiger partial charge in [0, 0.05) is 39.3 Å². The van der Waals surface area contributed by atoms with Crippen LogP contribution in [0.3, 0.4) is 0 Å². The number of piperazine rings is 1. The Morgan fingerprint density at radius 3 is 2.37 bits per heavy atom. The minimum absolute atomic E-state index is 0.869. The minimum Gasteiger partial charge on any atom is -0.457 e. The zero-order valence-corrected chi connectivity index (χ0v) is 16.1. The topological polar surface area (TPSA) is 15.7 Å².